The summed E-state index contributed by atoms with van der Waals surface area (Å²) in [6, 6.07) is 15.6. The zero-order valence-corrected chi connectivity index (χ0v) is 9.97. The minimum absolute atomic E-state index is 0.148. The maximum atomic E-state index is 11.8. The van der Waals surface area contributed by atoms with E-state index in [2.05, 4.69) is 10.2 Å². The van der Waals surface area contributed by atoms with Crippen LogP contribution in [-0.4, -0.2) is 10.2 Å². The van der Waals surface area contributed by atoms with Gasteiger partial charge in [-0.25, -0.2) is 5.10 Å². The average molecular weight is 236 g/mol. The minimum atomic E-state index is -0.148. The topological polar surface area (TPSA) is 45.8 Å². The van der Waals surface area contributed by atoms with Crippen molar-refractivity contribution in [3.05, 3.63) is 64.4 Å². The fourth-order valence-electron chi connectivity index (χ4n) is 2.10. The second kappa shape index (κ2) is 4.11. The van der Waals surface area contributed by atoms with E-state index in [9.17, 15) is 4.79 Å². The van der Waals surface area contributed by atoms with Crippen LogP contribution in [0.15, 0.2) is 53.3 Å². The molecule has 1 N–H and O–H groups in total. The van der Waals surface area contributed by atoms with Crippen LogP contribution in [0, 0.1) is 6.92 Å². The summed E-state index contributed by atoms with van der Waals surface area (Å²) in [6.45, 7) is 2.01. The molecule has 3 heteroatoms. The third-order valence-corrected chi connectivity index (χ3v) is 2.99. The van der Waals surface area contributed by atoms with E-state index in [1.165, 1.54) is 0 Å². The average Bonchev–Trinajstić information content (AvgIpc) is 2.40. The Balaban J connectivity index is 2.41. The molecule has 0 unspecified atom stereocenters. The van der Waals surface area contributed by atoms with E-state index in [-0.39, 0.29) is 5.56 Å². The third kappa shape index (κ3) is 1.70. The van der Waals surface area contributed by atoms with Gasteiger partial charge in [0.1, 0.15) is 0 Å². The molecular weight excluding hydrogens is 224 g/mol. The molecule has 0 aliphatic heterocycles. The monoisotopic (exact) mass is 236 g/mol. The molecule has 18 heavy (non-hydrogen) atoms. The first-order valence-corrected chi connectivity index (χ1v) is 5.80. The van der Waals surface area contributed by atoms with E-state index in [0.29, 0.717) is 5.39 Å². The van der Waals surface area contributed by atoms with Gasteiger partial charge in [-0.3, -0.25) is 4.79 Å². The van der Waals surface area contributed by atoms with Crippen LogP contribution in [-0.2, 0) is 0 Å². The van der Waals surface area contributed by atoms with Crippen LogP contribution < -0.4 is 5.56 Å². The first kappa shape index (κ1) is 10.7. The normalized spacial score (nSPS) is 10.7. The highest BCUT2D eigenvalue weighted by Gasteiger charge is 2.08. The molecule has 0 aliphatic rings. The maximum Gasteiger partial charge on any atom is 0.272 e. The molecule has 0 saturated heterocycles. The second-order valence-electron chi connectivity index (χ2n) is 4.32. The molecule has 88 valence electrons. The van der Waals surface area contributed by atoms with Crippen LogP contribution in [0.4, 0.5) is 0 Å². The molecule has 3 nitrogen and oxygen atoms in total. The summed E-state index contributed by atoms with van der Waals surface area (Å²) in [7, 11) is 0. The third-order valence-electron chi connectivity index (χ3n) is 2.99. The van der Waals surface area contributed by atoms with Crippen molar-refractivity contribution in [2.45, 2.75) is 6.92 Å². The van der Waals surface area contributed by atoms with E-state index >= 15 is 0 Å². The molecule has 0 bridgehead atoms. The van der Waals surface area contributed by atoms with Gasteiger partial charge in [-0.1, -0.05) is 42.0 Å². The summed E-state index contributed by atoms with van der Waals surface area (Å²) in [6.07, 6.45) is 0. The van der Waals surface area contributed by atoms with Gasteiger partial charge in [0, 0.05) is 10.9 Å². The molecule has 0 saturated carbocycles. The summed E-state index contributed by atoms with van der Waals surface area (Å²) in [5, 5.41) is 8.30. The standard InChI is InChI=1S/C15H12N2O/c1-10-7-8-12-13(9-10)14(16-17-15(12)18)11-5-3-2-4-6-11/h2-9H,1H3,(H,17,18). The molecule has 0 atom stereocenters. The first-order chi connectivity index (χ1) is 8.75. The lowest BCUT2D eigenvalue weighted by Gasteiger charge is -2.05. The molecule has 0 fully saturated rings. The number of aromatic nitrogens is 2. The molecule has 3 aromatic rings. The lowest BCUT2D eigenvalue weighted by atomic mass is 10.0. The predicted molar refractivity (Wildman–Crippen MR) is 72.5 cm³/mol. The largest absolute Gasteiger partial charge is 0.272 e. The van der Waals surface area contributed by atoms with Gasteiger partial charge in [0.2, 0.25) is 0 Å². The zero-order chi connectivity index (χ0) is 12.5. The van der Waals surface area contributed by atoms with Crippen molar-refractivity contribution < 1.29 is 0 Å². The fraction of sp³-hybridized carbons (Fsp3) is 0.0667. The predicted octanol–water partition coefficient (Wildman–Crippen LogP) is 2.90. The fourth-order valence-corrected chi connectivity index (χ4v) is 2.10. The molecule has 2 aromatic carbocycles. The number of aryl methyl sites for hydroxylation is 1. The van der Waals surface area contributed by atoms with Crippen molar-refractivity contribution in [1.82, 2.24) is 10.2 Å². The Morgan fingerprint density at radius 3 is 2.56 bits per heavy atom. The molecule has 3 rings (SSSR count). The number of nitrogens with zero attached hydrogens (tertiary/aromatic N) is 1. The van der Waals surface area contributed by atoms with Crippen LogP contribution in [0.3, 0.4) is 0 Å². The highest BCUT2D eigenvalue weighted by atomic mass is 16.1. The maximum absolute atomic E-state index is 11.8. The van der Waals surface area contributed by atoms with Crippen molar-refractivity contribution >= 4 is 10.8 Å². The van der Waals surface area contributed by atoms with Gasteiger partial charge in [-0.05, 0) is 19.1 Å². The number of aromatic amines is 1. The van der Waals surface area contributed by atoms with Gasteiger partial charge < -0.3 is 0 Å². The Morgan fingerprint density at radius 1 is 1.00 bits per heavy atom. The quantitative estimate of drug-likeness (QED) is 0.706. The number of rotatable bonds is 1. The summed E-state index contributed by atoms with van der Waals surface area (Å²) in [5.41, 5.74) is 2.79. The van der Waals surface area contributed by atoms with Crippen LogP contribution in [0.2, 0.25) is 0 Å². The van der Waals surface area contributed by atoms with Gasteiger partial charge in [0.25, 0.3) is 5.56 Å². The molecule has 1 heterocycles. The van der Waals surface area contributed by atoms with Gasteiger partial charge in [0.05, 0.1) is 11.1 Å². The number of H-pyrrole nitrogens is 1. The van der Waals surface area contributed by atoms with Crippen LogP contribution in [0.5, 0.6) is 0 Å². The molecule has 0 radical (unpaired) electrons. The van der Waals surface area contributed by atoms with Gasteiger partial charge >= 0.3 is 0 Å². The number of hydrogen-bond donors (Lipinski definition) is 1. The van der Waals surface area contributed by atoms with Crippen LogP contribution in [0.1, 0.15) is 5.56 Å². The van der Waals surface area contributed by atoms with Gasteiger partial charge in [-0.2, -0.15) is 5.10 Å². The van der Waals surface area contributed by atoms with Crippen molar-refractivity contribution in [2.24, 2.45) is 0 Å². The summed E-state index contributed by atoms with van der Waals surface area (Å²) < 4.78 is 0. The minimum Gasteiger partial charge on any atom is -0.267 e. The number of fused-ring (bicyclic) bond motifs is 1. The summed E-state index contributed by atoms with van der Waals surface area (Å²) in [5.74, 6) is 0. The van der Waals surface area contributed by atoms with Crippen LogP contribution >= 0.6 is 0 Å². The smallest absolute Gasteiger partial charge is 0.267 e. The van der Waals surface area contributed by atoms with E-state index in [1.54, 1.807) is 0 Å². The van der Waals surface area contributed by atoms with E-state index in [0.717, 1.165) is 22.2 Å². The molecule has 1 aromatic heterocycles. The molecule has 0 aliphatic carbocycles. The highest BCUT2D eigenvalue weighted by molar-refractivity contribution is 5.94. The van der Waals surface area contributed by atoms with Crippen LogP contribution in [0.25, 0.3) is 22.0 Å². The Kier molecular flexibility index (Phi) is 2.45. The lowest BCUT2D eigenvalue weighted by molar-refractivity contribution is 1.02. The zero-order valence-electron chi connectivity index (χ0n) is 9.97. The lowest BCUT2D eigenvalue weighted by Crippen LogP contribution is -2.09. The van der Waals surface area contributed by atoms with E-state index < -0.39 is 0 Å². The van der Waals surface area contributed by atoms with Crippen molar-refractivity contribution in [3.8, 4) is 11.3 Å². The SMILES string of the molecule is Cc1ccc2c(=O)[nH]nc(-c3ccccc3)c2c1. The Morgan fingerprint density at radius 2 is 1.78 bits per heavy atom. The Hall–Kier alpha value is -2.42. The highest BCUT2D eigenvalue weighted by Crippen LogP contribution is 2.24. The molecule has 0 spiro atoms. The number of benzene rings is 2. The van der Waals surface area contributed by atoms with E-state index in [4.69, 9.17) is 0 Å². The molecular formula is C15H12N2O. The van der Waals surface area contributed by atoms with Gasteiger partial charge in [0.15, 0.2) is 0 Å². The number of nitrogens with one attached hydrogen (secondary N) is 1. The van der Waals surface area contributed by atoms with E-state index in [1.807, 2.05) is 55.5 Å². The van der Waals surface area contributed by atoms with Crippen molar-refractivity contribution in [2.75, 3.05) is 0 Å². The first-order valence-electron chi connectivity index (χ1n) is 5.80. The second-order valence-corrected chi connectivity index (χ2v) is 4.32. The number of hydrogen-bond acceptors (Lipinski definition) is 2. The van der Waals surface area contributed by atoms with Gasteiger partial charge in [-0.15, -0.1) is 0 Å². The van der Waals surface area contributed by atoms with Crippen molar-refractivity contribution in [1.29, 1.82) is 0 Å². The van der Waals surface area contributed by atoms with Crippen molar-refractivity contribution in [3.63, 3.8) is 0 Å². The Bertz CT molecular complexity index is 760. The summed E-state index contributed by atoms with van der Waals surface area (Å²) >= 11 is 0. The Labute approximate surface area is 104 Å². The summed E-state index contributed by atoms with van der Waals surface area (Å²) in [4.78, 5) is 11.8. The molecule has 0 amide bonds.